The average Bonchev–Trinajstić information content (AvgIpc) is 2.96. The Balaban J connectivity index is 2.14. The fraction of sp³-hybridized carbons (Fsp3) is 0.125. The number of ether oxygens (including phenoxy) is 2. The van der Waals surface area contributed by atoms with Crippen LogP contribution in [0.5, 0.6) is 11.5 Å². The molecule has 3 rings (SSSR count). The van der Waals surface area contributed by atoms with E-state index in [-0.39, 0.29) is 0 Å². The molecule has 2 aromatic carbocycles. The van der Waals surface area contributed by atoms with Gasteiger partial charge in [0, 0.05) is 17.7 Å². The molecule has 0 unspecified atom stereocenters. The molecular weight excluding hydrogens is 266 g/mol. The van der Waals surface area contributed by atoms with Gasteiger partial charge in [-0.1, -0.05) is 12.1 Å². The summed E-state index contributed by atoms with van der Waals surface area (Å²) >= 11 is 0. The standard InChI is InChI=1S/C16H13N3O2/c1-20-14-7-12-13(8-15(14)21-2)19-16(18-12)11-5-3-4-10(6-11)9-17/h3-8H,1-2H3,(H,18,19). The van der Waals surface area contributed by atoms with E-state index in [0.717, 1.165) is 16.6 Å². The summed E-state index contributed by atoms with van der Waals surface area (Å²) in [6.07, 6.45) is 0. The summed E-state index contributed by atoms with van der Waals surface area (Å²) in [5.41, 5.74) is 3.10. The minimum atomic E-state index is 0.600. The lowest BCUT2D eigenvalue weighted by molar-refractivity contribution is 0.356. The van der Waals surface area contributed by atoms with Gasteiger partial charge in [-0.05, 0) is 12.1 Å². The molecule has 0 saturated carbocycles. The number of imidazole rings is 1. The Morgan fingerprint density at radius 1 is 1.10 bits per heavy atom. The van der Waals surface area contributed by atoms with Gasteiger partial charge in [-0.3, -0.25) is 0 Å². The first-order valence-corrected chi connectivity index (χ1v) is 6.37. The van der Waals surface area contributed by atoms with Gasteiger partial charge in [0.1, 0.15) is 5.82 Å². The number of rotatable bonds is 3. The van der Waals surface area contributed by atoms with Crippen LogP contribution in [-0.4, -0.2) is 24.2 Å². The zero-order chi connectivity index (χ0) is 14.8. The van der Waals surface area contributed by atoms with Crippen molar-refractivity contribution in [2.75, 3.05) is 14.2 Å². The summed E-state index contributed by atoms with van der Waals surface area (Å²) in [5, 5.41) is 8.97. The SMILES string of the molecule is COc1cc2nc(-c3cccc(C#N)c3)[nH]c2cc1OC. The molecule has 5 nitrogen and oxygen atoms in total. The molecule has 0 fully saturated rings. The second-order valence-corrected chi connectivity index (χ2v) is 4.50. The molecule has 1 aromatic heterocycles. The number of methoxy groups -OCH3 is 2. The number of fused-ring (bicyclic) bond motifs is 1. The Morgan fingerprint density at radius 2 is 1.86 bits per heavy atom. The third kappa shape index (κ3) is 2.28. The van der Waals surface area contributed by atoms with Gasteiger partial charge in [-0.2, -0.15) is 5.26 Å². The lowest BCUT2D eigenvalue weighted by atomic mass is 10.1. The van der Waals surface area contributed by atoms with Gasteiger partial charge in [-0.25, -0.2) is 4.98 Å². The monoisotopic (exact) mass is 279 g/mol. The van der Waals surface area contributed by atoms with Crippen molar-refractivity contribution < 1.29 is 9.47 Å². The summed E-state index contributed by atoms with van der Waals surface area (Å²) in [6.45, 7) is 0. The highest BCUT2D eigenvalue weighted by atomic mass is 16.5. The maximum Gasteiger partial charge on any atom is 0.163 e. The molecule has 104 valence electrons. The Bertz CT molecular complexity index is 805. The van der Waals surface area contributed by atoms with Crippen LogP contribution in [0.4, 0.5) is 0 Å². The van der Waals surface area contributed by atoms with E-state index in [1.54, 1.807) is 26.4 Å². The van der Waals surface area contributed by atoms with Crippen molar-refractivity contribution in [2.45, 2.75) is 0 Å². The number of aromatic nitrogens is 2. The number of hydrogen-bond donors (Lipinski definition) is 1. The van der Waals surface area contributed by atoms with Gasteiger partial charge >= 0.3 is 0 Å². The van der Waals surface area contributed by atoms with Crippen molar-refractivity contribution in [1.29, 1.82) is 5.26 Å². The fourth-order valence-electron chi connectivity index (χ4n) is 2.21. The van der Waals surface area contributed by atoms with Crippen LogP contribution in [0.3, 0.4) is 0 Å². The van der Waals surface area contributed by atoms with Crippen molar-refractivity contribution in [2.24, 2.45) is 0 Å². The lowest BCUT2D eigenvalue weighted by Crippen LogP contribution is -1.89. The van der Waals surface area contributed by atoms with E-state index >= 15 is 0 Å². The van der Waals surface area contributed by atoms with Crippen molar-refractivity contribution in [3.63, 3.8) is 0 Å². The highest BCUT2D eigenvalue weighted by molar-refractivity contribution is 5.83. The quantitative estimate of drug-likeness (QED) is 0.799. The highest BCUT2D eigenvalue weighted by Gasteiger charge is 2.11. The van der Waals surface area contributed by atoms with Gasteiger partial charge < -0.3 is 14.5 Å². The maximum absolute atomic E-state index is 8.97. The van der Waals surface area contributed by atoms with Crippen molar-refractivity contribution >= 4 is 11.0 Å². The molecule has 0 radical (unpaired) electrons. The first-order chi connectivity index (χ1) is 10.2. The maximum atomic E-state index is 8.97. The smallest absolute Gasteiger partial charge is 0.163 e. The molecule has 0 spiro atoms. The predicted octanol–water partition coefficient (Wildman–Crippen LogP) is 3.12. The van der Waals surface area contributed by atoms with Crippen LogP contribution in [-0.2, 0) is 0 Å². The van der Waals surface area contributed by atoms with Gasteiger partial charge in [-0.15, -0.1) is 0 Å². The largest absolute Gasteiger partial charge is 0.493 e. The Kier molecular flexibility index (Phi) is 3.20. The van der Waals surface area contributed by atoms with Crippen LogP contribution < -0.4 is 9.47 Å². The Morgan fingerprint density at radius 3 is 2.57 bits per heavy atom. The van der Waals surface area contributed by atoms with E-state index < -0.39 is 0 Å². The van der Waals surface area contributed by atoms with Gasteiger partial charge in [0.05, 0.1) is 36.9 Å². The van der Waals surface area contributed by atoms with Crippen molar-refractivity contribution in [1.82, 2.24) is 9.97 Å². The van der Waals surface area contributed by atoms with Crippen LogP contribution >= 0.6 is 0 Å². The predicted molar refractivity (Wildman–Crippen MR) is 79.3 cm³/mol. The molecule has 3 aromatic rings. The van der Waals surface area contributed by atoms with Crippen LogP contribution in [0.2, 0.25) is 0 Å². The number of benzene rings is 2. The fourth-order valence-corrected chi connectivity index (χ4v) is 2.21. The van der Waals surface area contributed by atoms with E-state index in [9.17, 15) is 0 Å². The zero-order valence-electron chi connectivity index (χ0n) is 11.7. The molecule has 1 N–H and O–H groups in total. The third-order valence-corrected chi connectivity index (χ3v) is 3.25. The van der Waals surface area contributed by atoms with Crippen molar-refractivity contribution in [3.8, 4) is 29.0 Å². The molecule has 0 aliphatic carbocycles. The molecule has 0 amide bonds. The van der Waals surface area contributed by atoms with Crippen LogP contribution in [0.15, 0.2) is 36.4 Å². The molecular formula is C16H13N3O2. The van der Waals surface area contributed by atoms with E-state index in [4.69, 9.17) is 14.7 Å². The summed E-state index contributed by atoms with van der Waals surface area (Å²) in [7, 11) is 3.19. The molecule has 0 atom stereocenters. The number of nitrogens with zero attached hydrogens (tertiary/aromatic N) is 2. The third-order valence-electron chi connectivity index (χ3n) is 3.25. The van der Waals surface area contributed by atoms with Gasteiger partial charge in [0.2, 0.25) is 0 Å². The molecule has 5 heteroatoms. The number of nitrogens with one attached hydrogen (secondary N) is 1. The summed E-state index contributed by atoms with van der Waals surface area (Å²) in [6, 6.07) is 13.1. The van der Waals surface area contributed by atoms with Gasteiger partial charge in [0.25, 0.3) is 0 Å². The van der Waals surface area contributed by atoms with E-state index in [1.807, 2.05) is 24.3 Å². The number of hydrogen-bond acceptors (Lipinski definition) is 4. The average molecular weight is 279 g/mol. The highest BCUT2D eigenvalue weighted by Crippen LogP contribution is 2.32. The van der Waals surface area contributed by atoms with Crippen LogP contribution in [0.1, 0.15) is 5.56 Å². The molecule has 0 bridgehead atoms. The molecule has 21 heavy (non-hydrogen) atoms. The van der Waals surface area contributed by atoms with E-state index in [0.29, 0.717) is 22.9 Å². The first kappa shape index (κ1) is 13.0. The second kappa shape index (κ2) is 5.17. The summed E-state index contributed by atoms with van der Waals surface area (Å²) in [4.78, 5) is 7.77. The van der Waals surface area contributed by atoms with Crippen molar-refractivity contribution in [3.05, 3.63) is 42.0 Å². The number of H-pyrrole nitrogens is 1. The second-order valence-electron chi connectivity index (χ2n) is 4.50. The number of nitriles is 1. The van der Waals surface area contributed by atoms with Crippen LogP contribution in [0, 0.1) is 11.3 Å². The van der Waals surface area contributed by atoms with Gasteiger partial charge in [0.15, 0.2) is 11.5 Å². The Labute approximate surface area is 121 Å². The first-order valence-electron chi connectivity index (χ1n) is 6.37. The lowest BCUT2D eigenvalue weighted by Gasteiger charge is -2.06. The molecule has 1 heterocycles. The summed E-state index contributed by atoms with van der Waals surface area (Å²) in [5.74, 6) is 1.98. The molecule has 0 aliphatic heterocycles. The Hall–Kier alpha value is -3.00. The zero-order valence-corrected chi connectivity index (χ0v) is 11.7. The molecule has 0 aliphatic rings. The van der Waals surface area contributed by atoms with E-state index in [2.05, 4.69) is 16.0 Å². The summed E-state index contributed by atoms with van der Waals surface area (Å²) < 4.78 is 10.6. The molecule has 0 saturated heterocycles. The normalized spacial score (nSPS) is 10.3. The van der Waals surface area contributed by atoms with E-state index in [1.165, 1.54) is 0 Å². The minimum absolute atomic E-state index is 0.600. The van der Waals surface area contributed by atoms with Crippen LogP contribution in [0.25, 0.3) is 22.4 Å². The number of aromatic amines is 1. The topological polar surface area (TPSA) is 70.9 Å². The minimum Gasteiger partial charge on any atom is -0.493 e.